The number of nitrogens with zero attached hydrogens (tertiary/aromatic N) is 2. The highest BCUT2D eigenvalue weighted by Gasteiger charge is 2.21. The van der Waals surface area contributed by atoms with Gasteiger partial charge in [0.2, 0.25) is 5.91 Å². The predicted octanol–water partition coefficient (Wildman–Crippen LogP) is 2.18. The van der Waals surface area contributed by atoms with Crippen molar-refractivity contribution in [3.8, 4) is 0 Å². The molecule has 1 aromatic heterocycles. The van der Waals surface area contributed by atoms with Crippen LogP contribution in [0.1, 0.15) is 30.5 Å². The molecule has 21 heavy (non-hydrogen) atoms. The van der Waals surface area contributed by atoms with Crippen molar-refractivity contribution >= 4 is 16.8 Å². The summed E-state index contributed by atoms with van der Waals surface area (Å²) >= 11 is 0. The van der Waals surface area contributed by atoms with Gasteiger partial charge in [-0.15, -0.1) is 0 Å². The van der Waals surface area contributed by atoms with Gasteiger partial charge in [-0.2, -0.15) is 0 Å². The van der Waals surface area contributed by atoms with Crippen molar-refractivity contribution in [3.05, 3.63) is 35.0 Å². The van der Waals surface area contributed by atoms with E-state index in [4.69, 9.17) is 5.73 Å². The Morgan fingerprint density at radius 2 is 2.00 bits per heavy atom. The smallest absolute Gasteiger partial charge is 0.220 e. The fraction of sp³-hybridized carbons (Fsp3) is 0.471. The van der Waals surface area contributed by atoms with E-state index in [1.165, 1.54) is 27.6 Å². The van der Waals surface area contributed by atoms with Crippen LogP contribution in [0.4, 0.5) is 0 Å². The first-order valence-corrected chi connectivity index (χ1v) is 7.61. The van der Waals surface area contributed by atoms with Gasteiger partial charge in [-0.25, -0.2) is 0 Å². The Morgan fingerprint density at radius 1 is 1.33 bits per heavy atom. The van der Waals surface area contributed by atoms with Crippen LogP contribution in [0.25, 0.3) is 10.9 Å². The minimum Gasteiger partial charge on any atom is -0.369 e. The van der Waals surface area contributed by atoms with Crippen LogP contribution >= 0.6 is 0 Å². The lowest BCUT2D eigenvalue weighted by Crippen LogP contribution is -2.22. The van der Waals surface area contributed by atoms with Crippen LogP contribution in [0.5, 0.6) is 0 Å². The first kappa shape index (κ1) is 14.1. The Morgan fingerprint density at radius 3 is 2.62 bits per heavy atom. The summed E-state index contributed by atoms with van der Waals surface area (Å²) in [6.07, 6.45) is 2.85. The van der Waals surface area contributed by atoms with Gasteiger partial charge in [-0.1, -0.05) is 13.8 Å². The summed E-state index contributed by atoms with van der Waals surface area (Å²) in [7, 11) is 2.07. The number of fused-ring (bicyclic) bond motifs is 2. The van der Waals surface area contributed by atoms with E-state index in [1.54, 1.807) is 0 Å². The molecule has 1 aromatic carbocycles. The standard InChI is InChI=1S/C17H23N3O/c1-4-20-9-12-6-15-14(5-11(2)17(18)21)8-19(3)16(15)7-13(12)10-20/h6-8,11H,4-5,9-10H2,1-3H3,(H2,18,21). The summed E-state index contributed by atoms with van der Waals surface area (Å²) in [5.41, 5.74) is 10.7. The Kier molecular flexibility index (Phi) is 3.49. The highest BCUT2D eigenvalue weighted by molar-refractivity contribution is 5.86. The lowest BCUT2D eigenvalue weighted by molar-refractivity contribution is -0.121. The molecule has 3 rings (SSSR count). The number of hydrogen-bond acceptors (Lipinski definition) is 2. The molecule has 0 spiro atoms. The van der Waals surface area contributed by atoms with Crippen molar-refractivity contribution in [2.45, 2.75) is 33.4 Å². The first-order chi connectivity index (χ1) is 9.99. The molecule has 0 bridgehead atoms. The zero-order valence-corrected chi connectivity index (χ0v) is 13.0. The maximum atomic E-state index is 11.3. The Hall–Kier alpha value is -1.81. The lowest BCUT2D eigenvalue weighted by atomic mass is 9.98. The van der Waals surface area contributed by atoms with Crippen LogP contribution in [0, 0.1) is 5.92 Å². The van der Waals surface area contributed by atoms with Crippen molar-refractivity contribution in [2.75, 3.05) is 6.54 Å². The number of hydrogen-bond donors (Lipinski definition) is 1. The second kappa shape index (κ2) is 5.19. The first-order valence-electron chi connectivity index (χ1n) is 7.61. The van der Waals surface area contributed by atoms with Crippen molar-refractivity contribution in [3.63, 3.8) is 0 Å². The molecular formula is C17H23N3O. The molecule has 4 heteroatoms. The van der Waals surface area contributed by atoms with Crippen LogP contribution in [0.3, 0.4) is 0 Å². The lowest BCUT2D eigenvalue weighted by Gasteiger charge is -2.09. The van der Waals surface area contributed by atoms with Gasteiger partial charge in [0.25, 0.3) is 0 Å². The van der Waals surface area contributed by atoms with E-state index in [1.807, 2.05) is 6.92 Å². The topological polar surface area (TPSA) is 51.3 Å². The van der Waals surface area contributed by atoms with E-state index in [9.17, 15) is 4.79 Å². The number of primary amides is 1. The molecule has 1 unspecified atom stereocenters. The largest absolute Gasteiger partial charge is 0.369 e. The van der Waals surface area contributed by atoms with E-state index in [0.717, 1.165) is 19.6 Å². The average molecular weight is 285 g/mol. The molecule has 0 saturated heterocycles. The number of aromatic nitrogens is 1. The molecule has 2 heterocycles. The molecule has 1 atom stereocenters. The second-order valence-electron chi connectivity index (χ2n) is 6.21. The van der Waals surface area contributed by atoms with E-state index in [-0.39, 0.29) is 11.8 Å². The van der Waals surface area contributed by atoms with Crippen molar-refractivity contribution in [2.24, 2.45) is 18.7 Å². The Balaban J connectivity index is 2.02. The quantitative estimate of drug-likeness (QED) is 0.936. The summed E-state index contributed by atoms with van der Waals surface area (Å²) in [6.45, 7) is 7.25. The minimum atomic E-state index is -0.231. The zero-order valence-electron chi connectivity index (χ0n) is 13.0. The van der Waals surface area contributed by atoms with Gasteiger partial charge >= 0.3 is 0 Å². The number of amides is 1. The van der Waals surface area contributed by atoms with Crippen molar-refractivity contribution in [1.29, 1.82) is 0 Å². The third-order valence-corrected chi connectivity index (χ3v) is 4.64. The van der Waals surface area contributed by atoms with E-state index >= 15 is 0 Å². The number of carbonyl (C=O) groups is 1. The number of carbonyl (C=O) groups excluding carboxylic acids is 1. The molecule has 4 nitrogen and oxygen atoms in total. The van der Waals surface area contributed by atoms with Gasteiger partial charge in [0.15, 0.2) is 0 Å². The molecule has 0 aliphatic carbocycles. The Labute approximate surface area is 125 Å². The predicted molar refractivity (Wildman–Crippen MR) is 84.8 cm³/mol. The van der Waals surface area contributed by atoms with Gasteiger partial charge in [-0.3, -0.25) is 9.69 Å². The van der Waals surface area contributed by atoms with Crippen LogP contribution in [-0.2, 0) is 31.4 Å². The highest BCUT2D eigenvalue weighted by Crippen LogP contribution is 2.31. The van der Waals surface area contributed by atoms with Gasteiger partial charge < -0.3 is 10.3 Å². The molecule has 1 aliphatic heterocycles. The molecule has 0 radical (unpaired) electrons. The maximum absolute atomic E-state index is 11.3. The van der Waals surface area contributed by atoms with E-state index < -0.39 is 0 Å². The van der Waals surface area contributed by atoms with Crippen LogP contribution in [0.2, 0.25) is 0 Å². The molecule has 112 valence electrons. The molecular weight excluding hydrogens is 262 g/mol. The van der Waals surface area contributed by atoms with E-state index in [2.05, 4.69) is 41.8 Å². The third kappa shape index (κ3) is 2.44. The number of benzene rings is 1. The summed E-state index contributed by atoms with van der Waals surface area (Å²) < 4.78 is 2.16. The monoisotopic (exact) mass is 285 g/mol. The zero-order chi connectivity index (χ0) is 15.1. The average Bonchev–Trinajstić information content (AvgIpc) is 2.98. The summed E-state index contributed by atoms with van der Waals surface area (Å²) in [5.74, 6) is -0.360. The number of nitrogens with two attached hydrogens (primary N) is 1. The van der Waals surface area contributed by atoms with Gasteiger partial charge in [0.05, 0.1) is 0 Å². The molecule has 1 aliphatic rings. The molecule has 0 fully saturated rings. The van der Waals surface area contributed by atoms with Gasteiger partial charge in [0, 0.05) is 43.2 Å². The SMILES string of the molecule is CCN1Cc2cc3c(CC(C)C(N)=O)cn(C)c3cc2C1. The molecule has 2 N–H and O–H groups in total. The fourth-order valence-corrected chi connectivity index (χ4v) is 3.25. The Bertz CT molecular complexity index is 702. The van der Waals surface area contributed by atoms with Gasteiger partial charge in [0.1, 0.15) is 0 Å². The van der Waals surface area contributed by atoms with Crippen molar-refractivity contribution < 1.29 is 4.79 Å². The highest BCUT2D eigenvalue weighted by atomic mass is 16.1. The summed E-state index contributed by atoms with van der Waals surface area (Å²) in [4.78, 5) is 13.8. The summed E-state index contributed by atoms with van der Waals surface area (Å²) in [6, 6.07) is 4.61. The van der Waals surface area contributed by atoms with Crippen LogP contribution in [-0.4, -0.2) is 21.9 Å². The molecule has 1 amide bonds. The molecule has 0 saturated carbocycles. The van der Waals surface area contributed by atoms with Crippen LogP contribution in [0.15, 0.2) is 18.3 Å². The number of rotatable bonds is 4. The normalized spacial score (nSPS) is 16.3. The van der Waals surface area contributed by atoms with Crippen molar-refractivity contribution in [1.82, 2.24) is 9.47 Å². The van der Waals surface area contributed by atoms with E-state index in [0.29, 0.717) is 6.42 Å². The number of aryl methyl sites for hydroxylation is 1. The fourth-order valence-electron chi connectivity index (χ4n) is 3.25. The third-order valence-electron chi connectivity index (χ3n) is 4.64. The second-order valence-corrected chi connectivity index (χ2v) is 6.21. The van der Waals surface area contributed by atoms with Crippen LogP contribution < -0.4 is 5.73 Å². The maximum Gasteiger partial charge on any atom is 0.220 e. The van der Waals surface area contributed by atoms with Gasteiger partial charge in [-0.05, 0) is 41.8 Å². The molecule has 2 aromatic rings. The summed E-state index contributed by atoms with van der Waals surface area (Å²) in [5, 5.41) is 1.27. The minimum absolute atomic E-state index is 0.129.